The molecule has 0 saturated heterocycles. The summed E-state index contributed by atoms with van der Waals surface area (Å²) in [4.78, 5) is 0. The minimum atomic E-state index is 0.715. The third kappa shape index (κ3) is 0.602. The lowest BCUT2D eigenvalue weighted by Crippen LogP contribution is -1.89. The summed E-state index contributed by atoms with van der Waals surface area (Å²) in [6, 6.07) is 0. The highest BCUT2D eigenvalue weighted by Gasteiger charge is 2.30. The Kier molecular flexibility index (Phi) is 0.913. The van der Waals surface area contributed by atoms with Crippen LogP contribution in [0.4, 0.5) is 0 Å². The van der Waals surface area contributed by atoms with E-state index in [1.54, 1.807) is 0 Å². The number of fused-ring (bicyclic) bond motifs is 2. The minimum Gasteiger partial charge on any atom is -0.129 e. The second kappa shape index (κ2) is 1.62. The number of allylic oxidation sites excluding steroid dienone is 3. The minimum absolute atomic E-state index is 0.715. The third-order valence-electron chi connectivity index (χ3n) is 2.33. The fraction of sp³-hybridized carbons (Fsp3) is 0.444. The molecule has 2 unspecified atom stereocenters. The van der Waals surface area contributed by atoms with Crippen molar-refractivity contribution in [2.45, 2.75) is 12.8 Å². The van der Waals surface area contributed by atoms with Gasteiger partial charge < -0.3 is 0 Å². The fourth-order valence-electron chi connectivity index (χ4n) is 1.82. The summed E-state index contributed by atoms with van der Waals surface area (Å²) < 4.78 is 0. The summed E-state index contributed by atoms with van der Waals surface area (Å²) >= 11 is 0. The monoisotopic (exact) mass is 118 g/mol. The molecule has 0 aliphatic heterocycles. The zero-order valence-electron chi connectivity index (χ0n) is 5.43. The van der Waals surface area contributed by atoms with Gasteiger partial charge in [0, 0.05) is 5.92 Å². The van der Waals surface area contributed by atoms with Crippen LogP contribution in [0.3, 0.4) is 0 Å². The van der Waals surface area contributed by atoms with Gasteiger partial charge in [0.2, 0.25) is 0 Å². The first-order chi connectivity index (χ1) is 4.40. The van der Waals surface area contributed by atoms with Gasteiger partial charge in [0.05, 0.1) is 0 Å². The van der Waals surface area contributed by atoms with Crippen LogP contribution in [0.1, 0.15) is 12.8 Å². The molecule has 0 nitrogen and oxygen atoms in total. The highest BCUT2D eigenvalue weighted by atomic mass is 14.3. The zero-order chi connectivity index (χ0) is 6.27. The van der Waals surface area contributed by atoms with E-state index in [1.807, 2.05) is 0 Å². The largest absolute Gasteiger partial charge is 0.129 e. The van der Waals surface area contributed by atoms with Gasteiger partial charge in [-0.2, -0.15) is 0 Å². The standard InChI is InChI=1S/C9H10/c1-2-8-5-7-3-4-9(8)6-7/h3-4,7,9H,1,5-6H2. The van der Waals surface area contributed by atoms with E-state index >= 15 is 0 Å². The zero-order valence-corrected chi connectivity index (χ0v) is 5.43. The van der Waals surface area contributed by atoms with E-state index in [-0.39, 0.29) is 0 Å². The van der Waals surface area contributed by atoms with Crippen molar-refractivity contribution in [2.75, 3.05) is 0 Å². The highest BCUT2D eigenvalue weighted by molar-refractivity contribution is 5.25. The van der Waals surface area contributed by atoms with Crippen molar-refractivity contribution in [1.29, 1.82) is 0 Å². The molecule has 46 valence electrons. The van der Waals surface area contributed by atoms with Crippen molar-refractivity contribution in [3.05, 3.63) is 30.0 Å². The average Bonchev–Trinajstić information content (AvgIpc) is 2.45. The SMILES string of the molecule is C=C=C1CC2C=CC1C2. The maximum absolute atomic E-state index is 3.67. The van der Waals surface area contributed by atoms with Crippen molar-refractivity contribution in [3.63, 3.8) is 0 Å². The van der Waals surface area contributed by atoms with Crippen molar-refractivity contribution in [1.82, 2.24) is 0 Å². The number of hydrogen-bond donors (Lipinski definition) is 0. The van der Waals surface area contributed by atoms with Gasteiger partial charge in [0.25, 0.3) is 0 Å². The van der Waals surface area contributed by atoms with E-state index in [4.69, 9.17) is 0 Å². The molecule has 0 radical (unpaired) electrons. The molecular weight excluding hydrogens is 108 g/mol. The van der Waals surface area contributed by atoms with Crippen LogP contribution in [-0.4, -0.2) is 0 Å². The van der Waals surface area contributed by atoms with Crippen LogP contribution in [0.15, 0.2) is 30.0 Å². The van der Waals surface area contributed by atoms with Gasteiger partial charge in [-0.15, -0.1) is 5.73 Å². The van der Waals surface area contributed by atoms with Gasteiger partial charge >= 0.3 is 0 Å². The third-order valence-corrected chi connectivity index (χ3v) is 2.33. The van der Waals surface area contributed by atoms with Crippen molar-refractivity contribution >= 4 is 0 Å². The predicted octanol–water partition coefficient (Wildman–Crippen LogP) is 2.29. The molecule has 2 aliphatic rings. The quantitative estimate of drug-likeness (QED) is 0.338. The van der Waals surface area contributed by atoms with Gasteiger partial charge in [-0.05, 0) is 24.3 Å². The Morgan fingerprint density at radius 1 is 1.56 bits per heavy atom. The molecule has 0 heterocycles. The maximum Gasteiger partial charge on any atom is 0.00585 e. The van der Waals surface area contributed by atoms with Crippen LogP contribution in [0.5, 0.6) is 0 Å². The summed E-state index contributed by atoms with van der Waals surface area (Å²) in [5, 5.41) is 0. The molecule has 9 heavy (non-hydrogen) atoms. The topological polar surface area (TPSA) is 0 Å². The Labute approximate surface area is 55.6 Å². The summed E-state index contributed by atoms with van der Waals surface area (Å²) in [6.07, 6.45) is 7.18. The van der Waals surface area contributed by atoms with Crippen LogP contribution in [0.2, 0.25) is 0 Å². The summed E-state index contributed by atoms with van der Waals surface area (Å²) in [5.41, 5.74) is 4.44. The Bertz CT molecular complexity index is 204. The molecule has 0 N–H and O–H groups in total. The Morgan fingerprint density at radius 3 is 2.78 bits per heavy atom. The van der Waals surface area contributed by atoms with Crippen LogP contribution in [-0.2, 0) is 0 Å². The van der Waals surface area contributed by atoms with Crippen LogP contribution in [0, 0.1) is 11.8 Å². The van der Waals surface area contributed by atoms with E-state index in [0.29, 0.717) is 5.92 Å². The van der Waals surface area contributed by atoms with Gasteiger partial charge in [0.1, 0.15) is 0 Å². The molecule has 1 fully saturated rings. The second-order valence-electron chi connectivity index (χ2n) is 2.89. The molecule has 2 bridgehead atoms. The van der Waals surface area contributed by atoms with E-state index in [0.717, 1.165) is 5.92 Å². The van der Waals surface area contributed by atoms with Crippen molar-refractivity contribution in [2.24, 2.45) is 11.8 Å². The Balaban J connectivity index is 2.39. The van der Waals surface area contributed by atoms with Gasteiger partial charge in [-0.1, -0.05) is 18.7 Å². The lowest BCUT2D eigenvalue weighted by molar-refractivity contribution is 0.693. The molecule has 1 saturated carbocycles. The van der Waals surface area contributed by atoms with Gasteiger partial charge in [-0.3, -0.25) is 0 Å². The first kappa shape index (κ1) is 5.08. The summed E-state index contributed by atoms with van der Waals surface area (Å²) in [7, 11) is 0. The van der Waals surface area contributed by atoms with E-state index in [9.17, 15) is 0 Å². The molecule has 2 rings (SSSR count). The second-order valence-corrected chi connectivity index (χ2v) is 2.89. The van der Waals surface area contributed by atoms with Crippen LogP contribution >= 0.6 is 0 Å². The van der Waals surface area contributed by atoms with E-state index in [1.165, 1.54) is 18.4 Å². The molecule has 0 spiro atoms. The normalized spacial score (nSPS) is 37.6. The average molecular weight is 118 g/mol. The molecule has 0 heteroatoms. The molecule has 0 aromatic carbocycles. The molecule has 0 amide bonds. The van der Waals surface area contributed by atoms with Crippen LogP contribution < -0.4 is 0 Å². The van der Waals surface area contributed by atoms with Crippen LogP contribution in [0.25, 0.3) is 0 Å². The van der Waals surface area contributed by atoms with Crippen molar-refractivity contribution in [3.8, 4) is 0 Å². The Morgan fingerprint density at radius 2 is 2.44 bits per heavy atom. The lowest BCUT2D eigenvalue weighted by atomic mass is 10.0. The Hall–Kier alpha value is -0.740. The van der Waals surface area contributed by atoms with Gasteiger partial charge in [-0.25, -0.2) is 0 Å². The molecule has 2 aliphatic carbocycles. The van der Waals surface area contributed by atoms with Crippen molar-refractivity contribution < 1.29 is 0 Å². The molecular formula is C9H10. The first-order valence-corrected chi connectivity index (χ1v) is 3.47. The van der Waals surface area contributed by atoms with E-state index < -0.39 is 0 Å². The summed E-state index contributed by atoms with van der Waals surface area (Å²) in [5.74, 6) is 1.55. The van der Waals surface area contributed by atoms with E-state index in [2.05, 4.69) is 24.5 Å². The predicted molar refractivity (Wildman–Crippen MR) is 38.0 cm³/mol. The molecule has 2 atom stereocenters. The maximum atomic E-state index is 3.67. The van der Waals surface area contributed by atoms with Gasteiger partial charge in [0.15, 0.2) is 0 Å². The molecule has 0 aromatic rings. The lowest BCUT2D eigenvalue weighted by Gasteiger charge is -2.02. The fourth-order valence-corrected chi connectivity index (χ4v) is 1.82. The summed E-state index contributed by atoms with van der Waals surface area (Å²) in [6.45, 7) is 3.67. The first-order valence-electron chi connectivity index (χ1n) is 3.47. The highest BCUT2D eigenvalue weighted by Crippen LogP contribution is 2.42. The number of hydrogen-bond acceptors (Lipinski definition) is 0. The number of rotatable bonds is 0. The molecule has 0 aromatic heterocycles. The smallest absolute Gasteiger partial charge is 0.00585 e.